The second kappa shape index (κ2) is 4.05. The van der Waals surface area contributed by atoms with Gasteiger partial charge in [0.2, 0.25) is 0 Å². The van der Waals surface area contributed by atoms with Crippen molar-refractivity contribution < 1.29 is 0 Å². The van der Waals surface area contributed by atoms with Crippen molar-refractivity contribution in [1.29, 1.82) is 0 Å². The summed E-state index contributed by atoms with van der Waals surface area (Å²) in [6, 6.07) is 0. The molecule has 10 heavy (non-hydrogen) atoms. The van der Waals surface area contributed by atoms with Crippen LogP contribution in [0.1, 0.15) is 40.0 Å². The Morgan fingerprint density at radius 2 is 1.50 bits per heavy atom. The van der Waals surface area contributed by atoms with Gasteiger partial charge in [0.1, 0.15) is 0 Å². The summed E-state index contributed by atoms with van der Waals surface area (Å²) in [4.78, 5) is 0. The molecule has 0 spiro atoms. The molecule has 0 aromatic carbocycles. The van der Waals surface area contributed by atoms with Crippen LogP contribution in [0.5, 0.6) is 0 Å². The molecule has 0 amide bonds. The summed E-state index contributed by atoms with van der Waals surface area (Å²) in [6.07, 6.45) is 4.38. The third kappa shape index (κ3) is 2.36. The molecule has 1 saturated carbocycles. The summed E-state index contributed by atoms with van der Waals surface area (Å²) in [7, 11) is 0. The fraction of sp³-hybridized carbons (Fsp3) is 1.00. The average Bonchev–Trinajstić information content (AvgIpc) is 1.80. The number of hydrogen-bond donors (Lipinski definition) is 0. The van der Waals surface area contributed by atoms with Crippen LogP contribution in [0.4, 0.5) is 0 Å². The molecule has 1 aliphatic carbocycles. The van der Waals surface area contributed by atoms with Crippen molar-refractivity contribution >= 4 is 8.41 Å². The highest BCUT2D eigenvalue weighted by Crippen LogP contribution is 2.32. The maximum Gasteiger partial charge on any atom is 0 e. The van der Waals surface area contributed by atoms with E-state index in [0.29, 0.717) is 0 Å². The fourth-order valence-corrected chi connectivity index (χ4v) is 1.82. The lowest BCUT2D eigenvalue weighted by molar-refractivity contribution is 0.220. The largest absolute Gasteiger partial charge is 0.0625 e. The first-order valence-electron chi connectivity index (χ1n) is 4.20. The van der Waals surface area contributed by atoms with Crippen molar-refractivity contribution in [2.24, 2.45) is 17.8 Å². The Bertz CT molecular complexity index is 90.7. The summed E-state index contributed by atoms with van der Waals surface area (Å²) in [5, 5.41) is 0. The van der Waals surface area contributed by atoms with Gasteiger partial charge in [0, 0.05) is 8.41 Å². The van der Waals surface area contributed by atoms with E-state index in [4.69, 9.17) is 0 Å². The van der Waals surface area contributed by atoms with Crippen LogP contribution in [-0.2, 0) is 0 Å². The van der Waals surface area contributed by atoms with Gasteiger partial charge in [-0.15, -0.1) is 0 Å². The lowest BCUT2D eigenvalue weighted by Crippen LogP contribution is -2.18. The van der Waals surface area contributed by atoms with E-state index in [9.17, 15) is 0 Å². The van der Waals surface area contributed by atoms with Gasteiger partial charge in [0.15, 0.2) is 0 Å². The van der Waals surface area contributed by atoms with Gasteiger partial charge in [-0.25, -0.2) is 0 Å². The van der Waals surface area contributed by atoms with Gasteiger partial charge in [-0.1, -0.05) is 33.6 Å². The molecular weight excluding hydrogens is 119 g/mol. The van der Waals surface area contributed by atoms with E-state index in [2.05, 4.69) is 20.8 Å². The van der Waals surface area contributed by atoms with Crippen LogP contribution in [0.25, 0.3) is 0 Å². The van der Waals surface area contributed by atoms with E-state index in [1.54, 1.807) is 0 Å². The summed E-state index contributed by atoms with van der Waals surface area (Å²) in [5.74, 6) is 2.96. The van der Waals surface area contributed by atoms with Gasteiger partial charge < -0.3 is 0 Å². The quantitative estimate of drug-likeness (QED) is 0.450. The van der Waals surface area contributed by atoms with E-state index < -0.39 is 0 Å². The maximum absolute atomic E-state index is 2.39. The van der Waals surface area contributed by atoms with E-state index in [1.807, 2.05) is 0 Å². The van der Waals surface area contributed by atoms with Crippen molar-refractivity contribution in [2.45, 2.75) is 40.0 Å². The molecule has 0 aromatic rings. The average molecular weight is 137 g/mol. The normalized spacial score (nSPS) is 40.5. The van der Waals surface area contributed by atoms with Gasteiger partial charge in [-0.3, -0.25) is 0 Å². The molecule has 57 valence electrons. The Kier molecular flexibility index (Phi) is 4.08. The first-order valence-corrected chi connectivity index (χ1v) is 4.20. The van der Waals surface area contributed by atoms with Crippen LogP contribution >= 0.6 is 0 Å². The Morgan fingerprint density at radius 1 is 0.900 bits per heavy atom. The Hall–Kier alpha value is 0.0649. The van der Waals surface area contributed by atoms with Gasteiger partial charge in [-0.05, 0) is 24.2 Å². The summed E-state index contributed by atoms with van der Waals surface area (Å²) < 4.78 is 0. The first kappa shape index (κ1) is 10.1. The smallest absolute Gasteiger partial charge is 0 e. The zero-order valence-electron chi connectivity index (χ0n) is 7.43. The molecule has 0 aromatic heterocycles. The molecule has 0 heterocycles. The maximum atomic E-state index is 2.39. The summed E-state index contributed by atoms with van der Waals surface area (Å²) in [6.45, 7) is 7.15. The van der Waals surface area contributed by atoms with Crippen molar-refractivity contribution in [3.8, 4) is 0 Å². The zero-order valence-corrected chi connectivity index (χ0v) is 7.43. The molecule has 3 atom stereocenters. The predicted octanol–water partition coefficient (Wildman–Crippen LogP) is 2.70. The molecule has 1 aliphatic rings. The minimum absolute atomic E-state index is 0. The standard InChI is InChI=1S/C9H18.B/c1-7-4-5-8(2)9(3)6-7;/h7-9H,4-6H2,1-3H3;. The summed E-state index contributed by atoms with van der Waals surface area (Å²) in [5.41, 5.74) is 0. The second-order valence-electron chi connectivity index (χ2n) is 3.87. The molecule has 0 N–H and O–H groups in total. The highest BCUT2D eigenvalue weighted by Gasteiger charge is 2.20. The van der Waals surface area contributed by atoms with Gasteiger partial charge in [0.05, 0.1) is 0 Å². The summed E-state index contributed by atoms with van der Waals surface area (Å²) >= 11 is 0. The second-order valence-corrected chi connectivity index (χ2v) is 3.87. The Balaban J connectivity index is 0.000000810. The third-order valence-corrected chi connectivity index (χ3v) is 2.86. The zero-order chi connectivity index (χ0) is 6.85. The molecule has 1 rings (SSSR count). The molecule has 0 aliphatic heterocycles. The van der Waals surface area contributed by atoms with Crippen molar-refractivity contribution in [3.63, 3.8) is 0 Å². The van der Waals surface area contributed by atoms with Gasteiger partial charge >= 0.3 is 0 Å². The molecular formula is C9H18B. The van der Waals surface area contributed by atoms with E-state index in [1.165, 1.54) is 19.3 Å². The minimum Gasteiger partial charge on any atom is -0.0625 e. The molecule has 3 radical (unpaired) electrons. The molecule has 1 fully saturated rings. The lowest BCUT2D eigenvalue weighted by Gasteiger charge is -2.29. The minimum atomic E-state index is 0. The van der Waals surface area contributed by atoms with Crippen molar-refractivity contribution in [1.82, 2.24) is 0 Å². The fourth-order valence-electron chi connectivity index (χ4n) is 1.82. The first-order chi connectivity index (χ1) is 4.20. The Labute approximate surface area is 67.0 Å². The highest BCUT2D eigenvalue weighted by molar-refractivity contribution is 5.75. The van der Waals surface area contributed by atoms with Crippen molar-refractivity contribution in [3.05, 3.63) is 0 Å². The molecule has 1 heteroatoms. The lowest BCUT2D eigenvalue weighted by atomic mass is 9.77. The number of rotatable bonds is 0. The topological polar surface area (TPSA) is 0 Å². The monoisotopic (exact) mass is 137 g/mol. The molecule has 0 saturated heterocycles. The van der Waals surface area contributed by atoms with Crippen molar-refractivity contribution in [2.75, 3.05) is 0 Å². The number of hydrogen-bond acceptors (Lipinski definition) is 0. The van der Waals surface area contributed by atoms with Crippen LogP contribution in [0, 0.1) is 17.8 Å². The van der Waals surface area contributed by atoms with Gasteiger partial charge in [0.25, 0.3) is 0 Å². The van der Waals surface area contributed by atoms with Crippen LogP contribution in [0.3, 0.4) is 0 Å². The molecule has 0 nitrogen and oxygen atoms in total. The predicted molar refractivity (Wildman–Crippen MR) is 47.1 cm³/mol. The van der Waals surface area contributed by atoms with E-state index in [0.717, 1.165) is 17.8 Å². The SMILES string of the molecule is CC1CCC(C)C(C)C1.[B]. The van der Waals surface area contributed by atoms with Crippen LogP contribution < -0.4 is 0 Å². The molecule has 3 unspecified atom stereocenters. The van der Waals surface area contributed by atoms with Gasteiger partial charge in [-0.2, -0.15) is 0 Å². The Morgan fingerprint density at radius 3 is 1.90 bits per heavy atom. The third-order valence-electron chi connectivity index (χ3n) is 2.86. The van der Waals surface area contributed by atoms with Crippen LogP contribution in [0.15, 0.2) is 0 Å². The highest BCUT2D eigenvalue weighted by atomic mass is 14.3. The van der Waals surface area contributed by atoms with E-state index >= 15 is 0 Å². The molecule has 0 bridgehead atoms. The van der Waals surface area contributed by atoms with Crippen LogP contribution in [-0.4, -0.2) is 8.41 Å². The van der Waals surface area contributed by atoms with E-state index in [-0.39, 0.29) is 8.41 Å². The van der Waals surface area contributed by atoms with Crippen LogP contribution in [0.2, 0.25) is 0 Å².